The number of hydrogen-bond donors (Lipinski definition) is 2. The average molecular weight is 288 g/mol. The minimum absolute atomic E-state index is 0.824. The molecule has 3 aromatic carbocycles. The van der Waals surface area contributed by atoms with E-state index >= 15 is 0 Å². The topological polar surface area (TPSA) is 52.0 Å². The summed E-state index contributed by atoms with van der Waals surface area (Å²) in [6.07, 6.45) is 0. The normalized spacial score (nSPS) is 10.6. The number of rotatable bonds is 2. The summed E-state index contributed by atoms with van der Waals surface area (Å²) >= 11 is 0. The Balaban J connectivity index is 2.17. The number of nitrogens with two attached hydrogens (primary N) is 2. The number of anilines is 2. The van der Waals surface area contributed by atoms with Crippen molar-refractivity contribution in [3.8, 4) is 22.3 Å². The van der Waals surface area contributed by atoms with Crippen molar-refractivity contribution in [2.75, 3.05) is 11.5 Å². The van der Waals surface area contributed by atoms with Crippen LogP contribution < -0.4 is 11.5 Å². The van der Waals surface area contributed by atoms with Crippen LogP contribution in [0.25, 0.3) is 22.3 Å². The molecule has 0 saturated heterocycles. The van der Waals surface area contributed by atoms with Crippen LogP contribution in [0.15, 0.2) is 60.7 Å². The summed E-state index contributed by atoms with van der Waals surface area (Å²) in [5.41, 5.74) is 20.5. The Morgan fingerprint density at radius 1 is 0.591 bits per heavy atom. The molecule has 0 radical (unpaired) electrons. The molecule has 0 heterocycles. The van der Waals surface area contributed by atoms with Gasteiger partial charge in [0, 0.05) is 11.4 Å². The van der Waals surface area contributed by atoms with Crippen molar-refractivity contribution in [2.24, 2.45) is 0 Å². The van der Waals surface area contributed by atoms with Crippen molar-refractivity contribution < 1.29 is 0 Å². The summed E-state index contributed by atoms with van der Waals surface area (Å²) in [4.78, 5) is 0. The standard InChI is InChI=1S/C20H20N2/c1-13-11-15(7-9-19(13)21)17-5-3-4-6-18(17)16-8-10-20(22)14(2)12-16/h3-12H,21-22H2,1-2H3. The highest BCUT2D eigenvalue weighted by Crippen LogP contribution is 2.34. The van der Waals surface area contributed by atoms with Gasteiger partial charge in [0.25, 0.3) is 0 Å². The maximum Gasteiger partial charge on any atom is 0.0344 e. The van der Waals surface area contributed by atoms with Gasteiger partial charge in [-0.3, -0.25) is 0 Å². The molecule has 0 aliphatic carbocycles. The second-order valence-corrected chi connectivity index (χ2v) is 5.69. The van der Waals surface area contributed by atoms with E-state index in [0.717, 1.165) is 22.5 Å². The van der Waals surface area contributed by atoms with Crippen LogP contribution >= 0.6 is 0 Å². The number of benzene rings is 3. The van der Waals surface area contributed by atoms with Crippen molar-refractivity contribution in [2.45, 2.75) is 13.8 Å². The first-order valence-electron chi connectivity index (χ1n) is 7.38. The van der Waals surface area contributed by atoms with E-state index in [-0.39, 0.29) is 0 Å². The third kappa shape index (κ3) is 2.56. The highest BCUT2D eigenvalue weighted by molar-refractivity contribution is 5.85. The quantitative estimate of drug-likeness (QED) is 0.665. The summed E-state index contributed by atoms with van der Waals surface area (Å²) in [5, 5.41) is 0. The van der Waals surface area contributed by atoms with Crippen LogP contribution in [-0.4, -0.2) is 0 Å². The van der Waals surface area contributed by atoms with Crippen LogP contribution in [-0.2, 0) is 0 Å². The Hall–Kier alpha value is -2.74. The van der Waals surface area contributed by atoms with Crippen LogP contribution in [0.1, 0.15) is 11.1 Å². The van der Waals surface area contributed by atoms with Gasteiger partial charge < -0.3 is 11.5 Å². The molecule has 22 heavy (non-hydrogen) atoms. The van der Waals surface area contributed by atoms with E-state index < -0.39 is 0 Å². The van der Waals surface area contributed by atoms with E-state index in [1.807, 2.05) is 26.0 Å². The van der Waals surface area contributed by atoms with E-state index in [1.54, 1.807) is 0 Å². The summed E-state index contributed by atoms with van der Waals surface area (Å²) in [5.74, 6) is 0. The first-order valence-corrected chi connectivity index (χ1v) is 7.38. The van der Waals surface area contributed by atoms with E-state index in [2.05, 4.69) is 48.5 Å². The Morgan fingerprint density at radius 3 is 1.36 bits per heavy atom. The van der Waals surface area contributed by atoms with Crippen LogP contribution in [0.2, 0.25) is 0 Å². The average Bonchev–Trinajstić information content (AvgIpc) is 2.53. The first kappa shape index (κ1) is 14.2. The predicted molar refractivity (Wildman–Crippen MR) is 95.6 cm³/mol. The van der Waals surface area contributed by atoms with Crippen molar-refractivity contribution in [1.29, 1.82) is 0 Å². The molecule has 0 amide bonds. The van der Waals surface area contributed by atoms with Gasteiger partial charge in [-0.05, 0) is 71.5 Å². The number of nitrogen functional groups attached to an aromatic ring is 2. The van der Waals surface area contributed by atoms with Crippen LogP contribution in [0, 0.1) is 13.8 Å². The maximum atomic E-state index is 5.94. The molecule has 0 atom stereocenters. The molecule has 2 heteroatoms. The number of hydrogen-bond acceptors (Lipinski definition) is 2. The molecule has 0 saturated carbocycles. The molecule has 0 unspecified atom stereocenters. The van der Waals surface area contributed by atoms with Crippen molar-refractivity contribution >= 4 is 11.4 Å². The smallest absolute Gasteiger partial charge is 0.0344 e. The highest BCUT2D eigenvalue weighted by Gasteiger charge is 2.08. The molecular formula is C20H20N2. The van der Waals surface area contributed by atoms with Gasteiger partial charge >= 0.3 is 0 Å². The van der Waals surface area contributed by atoms with Gasteiger partial charge in [0.2, 0.25) is 0 Å². The fourth-order valence-electron chi connectivity index (χ4n) is 2.67. The number of aryl methyl sites for hydroxylation is 2. The maximum absolute atomic E-state index is 5.94. The summed E-state index contributed by atoms with van der Waals surface area (Å²) in [6, 6.07) is 20.8. The van der Waals surface area contributed by atoms with Crippen LogP contribution in [0.4, 0.5) is 11.4 Å². The molecule has 3 aromatic rings. The molecule has 0 aromatic heterocycles. The van der Waals surface area contributed by atoms with Gasteiger partial charge in [-0.25, -0.2) is 0 Å². The summed E-state index contributed by atoms with van der Waals surface area (Å²) < 4.78 is 0. The third-order valence-corrected chi connectivity index (χ3v) is 4.09. The summed E-state index contributed by atoms with van der Waals surface area (Å²) in [7, 11) is 0. The van der Waals surface area contributed by atoms with Crippen molar-refractivity contribution in [3.63, 3.8) is 0 Å². The zero-order chi connectivity index (χ0) is 15.7. The molecule has 2 nitrogen and oxygen atoms in total. The highest BCUT2D eigenvalue weighted by atomic mass is 14.6. The summed E-state index contributed by atoms with van der Waals surface area (Å²) in [6.45, 7) is 4.07. The molecule has 0 spiro atoms. The molecular weight excluding hydrogens is 268 g/mol. The largest absolute Gasteiger partial charge is 0.399 e. The van der Waals surface area contributed by atoms with Gasteiger partial charge in [0.1, 0.15) is 0 Å². The fraction of sp³-hybridized carbons (Fsp3) is 0.100. The van der Waals surface area contributed by atoms with Crippen LogP contribution in [0.3, 0.4) is 0 Å². The molecule has 0 bridgehead atoms. The lowest BCUT2D eigenvalue weighted by molar-refractivity contribution is 1.45. The second-order valence-electron chi connectivity index (χ2n) is 5.69. The molecule has 0 fully saturated rings. The lowest BCUT2D eigenvalue weighted by Gasteiger charge is -2.13. The minimum Gasteiger partial charge on any atom is -0.399 e. The predicted octanol–water partition coefficient (Wildman–Crippen LogP) is 4.80. The van der Waals surface area contributed by atoms with Crippen molar-refractivity contribution in [1.82, 2.24) is 0 Å². The molecule has 0 aliphatic rings. The van der Waals surface area contributed by atoms with Gasteiger partial charge in [0.05, 0.1) is 0 Å². The molecule has 3 rings (SSSR count). The van der Waals surface area contributed by atoms with Crippen LogP contribution in [0.5, 0.6) is 0 Å². The lowest BCUT2D eigenvalue weighted by atomic mass is 9.92. The van der Waals surface area contributed by atoms with Gasteiger partial charge in [-0.1, -0.05) is 36.4 Å². The van der Waals surface area contributed by atoms with E-state index in [1.165, 1.54) is 22.3 Å². The Kier molecular flexibility index (Phi) is 3.60. The van der Waals surface area contributed by atoms with E-state index in [0.29, 0.717) is 0 Å². The second kappa shape index (κ2) is 5.57. The first-order chi connectivity index (χ1) is 10.6. The monoisotopic (exact) mass is 288 g/mol. The third-order valence-electron chi connectivity index (χ3n) is 4.09. The fourth-order valence-corrected chi connectivity index (χ4v) is 2.67. The zero-order valence-electron chi connectivity index (χ0n) is 12.9. The molecule has 0 aliphatic heterocycles. The Bertz CT molecular complexity index is 764. The van der Waals surface area contributed by atoms with Crippen molar-refractivity contribution in [3.05, 3.63) is 71.8 Å². The van der Waals surface area contributed by atoms with E-state index in [4.69, 9.17) is 11.5 Å². The molecule has 110 valence electrons. The minimum atomic E-state index is 0.824. The lowest BCUT2D eigenvalue weighted by Crippen LogP contribution is -1.92. The van der Waals surface area contributed by atoms with Gasteiger partial charge in [-0.15, -0.1) is 0 Å². The Labute approximate surface area is 131 Å². The van der Waals surface area contributed by atoms with Gasteiger partial charge in [-0.2, -0.15) is 0 Å². The zero-order valence-corrected chi connectivity index (χ0v) is 12.9. The Morgan fingerprint density at radius 2 is 1.00 bits per heavy atom. The molecule has 4 N–H and O–H groups in total. The SMILES string of the molecule is Cc1cc(-c2ccccc2-c2ccc(N)c(C)c2)ccc1N. The van der Waals surface area contributed by atoms with Gasteiger partial charge in [0.15, 0.2) is 0 Å². The van der Waals surface area contributed by atoms with E-state index in [9.17, 15) is 0 Å².